The summed E-state index contributed by atoms with van der Waals surface area (Å²) >= 11 is 0. The Hall–Kier alpha value is -4.19. The largest absolute Gasteiger partial charge is 0.422 e. The average Bonchev–Trinajstić information content (AvgIpc) is 2.85. The number of fused-ring (bicyclic) bond motifs is 1. The second-order valence-corrected chi connectivity index (χ2v) is 8.06. The monoisotopic (exact) mass is 438 g/mol. The Balaban J connectivity index is 1.47. The summed E-state index contributed by atoms with van der Waals surface area (Å²) in [6.07, 6.45) is 0.437. The van der Waals surface area contributed by atoms with Crippen molar-refractivity contribution < 1.29 is 14.0 Å². The topological polar surface area (TPSA) is 79.6 Å². The molecular weight excluding hydrogens is 416 g/mol. The van der Waals surface area contributed by atoms with Gasteiger partial charge in [-0.15, -0.1) is 0 Å². The number of amides is 2. The number of piperazine rings is 1. The first-order valence-electron chi connectivity index (χ1n) is 10.9. The van der Waals surface area contributed by atoms with Crippen LogP contribution >= 0.6 is 0 Å². The van der Waals surface area contributed by atoms with E-state index in [1.165, 1.54) is 0 Å². The normalized spacial score (nSPS) is 15.9. The Morgan fingerprint density at radius 2 is 1.73 bits per heavy atom. The van der Waals surface area contributed by atoms with Gasteiger partial charge in [-0.3, -0.25) is 9.59 Å². The highest BCUT2D eigenvalue weighted by atomic mass is 16.4. The fourth-order valence-electron chi connectivity index (χ4n) is 4.25. The van der Waals surface area contributed by atoms with Gasteiger partial charge in [0.1, 0.15) is 11.6 Å². The molecule has 1 aliphatic rings. The highest BCUT2D eigenvalue weighted by Crippen LogP contribution is 2.23. The van der Waals surface area contributed by atoms with Crippen LogP contribution in [0.1, 0.15) is 15.9 Å². The minimum absolute atomic E-state index is 0.162. The Bertz CT molecular complexity index is 1390. The van der Waals surface area contributed by atoms with Gasteiger partial charge >= 0.3 is 5.63 Å². The van der Waals surface area contributed by atoms with Crippen LogP contribution in [0.25, 0.3) is 22.1 Å². The van der Waals surface area contributed by atoms with Crippen molar-refractivity contribution in [2.75, 3.05) is 13.1 Å². The molecule has 6 heteroatoms. The average molecular weight is 438 g/mol. The van der Waals surface area contributed by atoms with Crippen LogP contribution < -0.4 is 10.9 Å². The predicted octanol–water partition coefficient (Wildman–Crippen LogP) is 3.64. The van der Waals surface area contributed by atoms with Crippen LogP contribution in [-0.2, 0) is 11.2 Å². The molecular formula is C27H22N2O4. The molecule has 6 nitrogen and oxygen atoms in total. The lowest BCUT2D eigenvalue weighted by atomic mass is 9.99. The van der Waals surface area contributed by atoms with Crippen LogP contribution in [0.2, 0.25) is 0 Å². The van der Waals surface area contributed by atoms with E-state index < -0.39 is 11.7 Å². The molecule has 164 valence electrons. The van der Waals surface area contributed by atoms with Crippen LogP contribution in [0, 0.1) is 0 Å². The molecule has 3 aromatic carbocycles. The van der Waals surface area contributed by atoms with Crippen LogP contribution in [0.5, 0.6) is 0 Å². The molecule has 5 rings (SSSR count). The number of carbonyl (C=O) groups excluding carboxylic acids is 2. The Labute approximate surface area is 190 Å². The fourth-order valence-corrected chi connectivity index (χ4v) is 4.25. The van der Waals surface area contributed by atoms with Gasteiger partial charge in [-0.25, -0.2) is 4.79 Å². The van der Waals surface area contributed by atoms with Gasteiger partial charge in [0.2, 0.25) is 5.91 Å². The molecule has 1 aliphatic heterocycles. The molecule has 0 unspecified atom stereocenters. The van der Waals surface area contributed by atoms with E-state index in [2.05, 4.69) is 5.32 Å². The molecule has 1 N–H and O–H groups in total. The minimum Gasteiger partial charge on any atom is -0.422 e. The summed E-state index contributed by atoms with van der Waals surface area (Å²) in [6.45, 7) is 0.828. The summed E-state index contributed by atoms with van der Waals surface area (Å²) in [6, 6.07) is 25.1. The standard InChI is InChI=1S/C27H22N2O4/c30-25-23(15-18-7-2-1-3-8-18)29(14-13-28-25)26(31)21-11-6-10-19(16-21)22-17-20-9-4-5-12-24(20)33-27(22)32/h1-12,16-17,23H,13-15H2,(H,28,30)/t23-/m0/s1. The predicted molar refractivity (Wildman–Crippen MR) is 126 cm³/mol. The maximum absolute atomic E-state index is 13.5. The van der Waals surface area contributed by atoms with Crippen molar-refractivity contribution in [2.45, 2.75) is 12.5 Å². The zero-order chi connectivity index (χ0) is 22.8. The van der Waals surface area contributed by atoms with Crippen molar-refractivity contribution in [1.82, 2.24) is 10.2 Å². The van der Waals surface area contributed by atoms with Crippen molar-refractivity contribution >= 4 is 22.8 Å². The summed E-state index contributed by atoms with van der Waals surface area (Å²) in [4.78, 5) is 40.3. The van der Waals surface area contributed by atoms with E-state index in [4.69, 9.17) is 4.42 Å². The van der Waals surface area contributed by atoms with Crippen molar-refractivity contribution in [2.24, 2.45) is 0 Å². The smallest absolute Gasteiger partial charge is 0.344 e. The lowest BCUT2D eigenvalue weighted by Gasteiger charge is -2.35. The second-order valence-electron chi connectivity index (χ2n) is 8.06. The molecule has 1 aromatic heterocycles. The van der Waals surface area contributed by atoms with E-state index in [-0.39, 0.29) is 11.8 Å². The molecule has 1 atom stereocenters. The van der Waals surface area contributed by atoms with Gasteiger partial charge in [-0.2, -0.15) is 0 Å². The van der Waals surface area contributed by atoms with Gasteiger partial charge in [-0.1, -0.05) is 60.7 Å². The highest BCUT2D eigenvalue weighted by Gasteiger charge is 2.33. The minimum atomic E-state index is -0.594. The summed E-state index contributed by atoms with van der Waals surface area (Å²) in [7, 11) is 0. The summed E-state index contributed by atoms with van der Waals surface area (Å²) in [5.74, 6) is -0.400. The molecule has 2 amide bonds. The zero-order valence-corrected chi connectivity index (χ0v) is 17.9. The Morgan fingerprint density at radius 1 is 0.939 bits per heavy atom. The molecule has 33 heavy (non-hydrogen) atoms. The summed E-state index contributed by atoms with van der Waals surface area (Å²) in [5, 5.41) is 3.67. The Kier molecular flexibility index (Phi) is 5.48. The first kappa shape index (κ1) is 20.7. The number of hydrogen-bond acceptors (Lipinski definition) is 4. The molecule has 0 bridgehead atoms. The lowest BCUT2D eigenvalue weighted by Crippen LogP contribution is -2.58. The SMILES string of the molecule is O=C1NCCN(C(=O)c2cccc(-c3cc4ccccc4oc3=O)c2)[C@H]1Cc1ccccc1. The number of benzene rings is 3. The van der Waals surface area contributed by atoms with Crippen molar-refractivity contribution in [3.8, 4) is 11.1 Å². The van der Waals surface area contributed by atoms with E-state index in [1.807, 2.05) is 48.5 Å². The zero-order valence-electron chi connectivity index (χ0n) is 17.9. The van der Waals surface area contributed by atoms with Gasteiger partial charge in [0.15, 0.2) is 0 Å². The van der Waals surface area contributed by atoms with Crippen molar-refractivity contribution in [3.63, 3.8) is 0 Å². The maximum Gasteiger partial charge on any atom is 0.344 e. The highest BCUT2D eigenvalue weighted by molar-refractivity contribution is 5.99. The van der Waals surface area contributed by atoms with E-state index in [0.717, 1.165) is 10.9 Å². The molecule has 0 spiro atoms. The molecule has 0 saturated carbocycles. The first-order valence-corrected chi connectivity index (χ1v) is 10.9. The second kappa shape index (κ2) is 8.74. The maximum atomic E-state index is 13.5. The van der Waals surface area contributed by atoms with Gasteiger partial charge < -0.3 is 14.6 Å². The third-order valence-corrected chi connectivity index (χ3v) is 5.93. The van der Waals surface area contributed by atoms with E-state index in [1.54, 1.807) is 41.3 Å². The van der Waals surface area contributed by atoms with E-state index >= 15 is 0 Å². The van der Waals surface area contributed by atoms with Crippen molar-refractivity contribution in [1.29, 1.82) is 0 Å². The van der Waals surface area contributed by atoms with Gasteiger partial charge in [-0.05, 0) is 35.4 Å². The number of carbonyl (C=O) groups is 2. The Morgan fingerprint density at radius 3 is 2.58 bits per heavy atom. The van der Waals surface area contributed by atoms with Gasteiger partial charge in [0.25, 0.3) is 5.91 Å². The number of para-hydroxylation sites is 1. The molecule has 0 aliphatic carbocycles. The number of nitrogens with zero attached hydrogens (tertiary/aromatic N) is 1. The molecule has 1 saturated heterocycles. The third kappa shape index (κ3) is 4.15. The molecule has 4 aromatic rings. The van der Waals surface area contributed by atoms with E-state index in [0.29, 0.717) is 41.8 Å². The number of hydrogen-bond donors (Lipinski definition) is 1. The van der Waals surface area contributed by atoms with Crippen molar-refractivity contribution in [3.05, 3.63) is 106 Å². The third-order valence-electron chi connectivity index (χ3n) is 5.93. The van der Waals surface area contributed by atoms with Crippen LogP contribution in [0.4, 0.5) is 0 Å². The summed E-state index contributed by atoms with van der Waals surface area (Å²) in [5.41, 5.74) is 2.45. The number of nitrogens with one attached hydrogen (secondary N) is 1. The molecule has 2 heterocycles. The van der Waals surface area contributed by atoms with Gasteiger partial charge in [0.05, 0.1) is 5.56 Å². The van der Waals surface area contributed by atoms with E-state index in [9.17, 15) is 14.4 Å². The summed E-state index contributed by atoms with van der Waals surface area (Å²) < 4.78 is 5.46. The van der Waals surface area contributed by atoms with Gasteiger partial charge in [0, 0.05) is 30.5 Å². The van der Waals surface area contributed by atoms with Crippen LogP contribution in [0.3, 0.4) is 0 Å². The lowest BCUT2D eigenvalue weighted by molar-refractivity contribution is -0.127. The first-order chi connectivity index (χ1) is 16.1. The fraction of sp³-hybridized carbons (Fsp3) is 0.148. The quantitative estimate of drug-likeness (QED) is 0.494. The molecule has 0 radical (unpaired) electrons. The van der Waals surface area contributed by atoms with Crippen LogP contribution in [0.15, 0.2) is 94.1 Å². The number of rotatable bonds is 4. The van der Waals surface area contributed by atoms with Crippen LogP contribution in [-0.4, -0.2) is 35.8 Å². The molecule has 1 fully saturated rings.